The Balaban J connectivity index is 2.22. The van der Waals surface area contributed by atoms with Crippen molar-refractivity contribution in [3.63, 3.8) is 0 Å². The van der Waals surface area contributed by atoms with E-state index in [-0.39, 0.29) is 19.4 Å². The summed E-state index contributed by atoms with van der Waals surface area (Å²) in [6.07, 6.45) is 0.426. The van der Waals surface area contributed by atoms with Crippen LogP contribution in [0.1, 0.15) is 25.3 Å². The van der Waals surface area contributed by atoms with Crippen LogP contribution < -0.4 is 5.32 Å². The SMILES string of the molecule is CCC1(c2ccc(F)cc2)NC(=O)N(CC(=O)N(C)CCC#N)C1=O. The molecule has 1 saturated heterocycles. The normalized spacial score (nSPS) is 19.5. The first-order valence-corrected chi connectivity index (χ1v) is 7.86. The van der Waals surface area contributed by atoms with Gasteiger partial charge in [-0.3, -0.25) is 14.5 Å². The highest BCUT2D eigenvalue weighted by molar-refractivity contribution is 6.09. The highest BCUT2D eigenvalue weighted by Crippen LogP contribution is 2.32. The fourth-order valence-electron chi connectivity index (χ4n) is 2.74. The van der Waals surface area contributed by atoms with Gasteiger partial charge in [0.05, 0.1) is 12.5 Å². The van der Waals surface area contributed by atoms with Crippen LogP contribution in [0, 0.1) is 17.1 Å². The van der Waals surface area contributed by atoms with Crippen molar-refractivity contribution in [1.29, 1.82) is 5.26 Å². The molecule has 0 saturated carbocycles. The van der Waals surface area contributed by atoms with Gasteiger partial charge in [-0.1, -0.05) is 19.1 Å². The van der Waals surface area contributed by atoms with Crippen LogP contribution in [0.15, 0.2) is 24.3 Å². The second-order valence-electron chi connectivity index (χ2n) is 5.81. The monoisotopic (exact) mass is 346 g/mol. The minimum atomic E-state index is -1.31. The van der Waals surface area contributed by atoms with Gasteiger partial charge in [0, 0.05) is 13.6 Å². The zero-order valence-electron chi connectivity index (χ0n) is 14.1. The number of hydrogen-bond donors (Lipinski definition) is 1. The molecule has 8 heteroatoms. The van der Waals surface area contributed by atoms with Gasteiger partial charge in [-0.2, -0.15) is 5.26 Å². The predicted molar refractivity (Wildman–Crippen MR) is 86.5 cm³/mol. The molecule has 1 N–H and O–H groups in total. The lowest BCUT2D eigenvalue weighted by atomic mass is 9.87. The van der Waals surface area contributed by atoms with Crippen LogP contribution in [0.2, 0.25) is 0 Å². The quantitative estimate of drug-likeness (QED) is 0.787. The van der Waals surface area contributed by atoms with Crippen LogP contribution in [0.4, 0.5) is 9.18 Å². The lowest BCUT2D eigenvalue weighted by Crippen LogP contribution is -2.45. The van der Waals surface area contributed by atoms with Crippen LogP contribution in [-0.2, 0) is 15.1 Å². The Morgan fingerprint density at radius 1 is 1.36 bits per heavy atom. The first kappa shape index (κ1) is 18.4. The smallest absolute Gasteiger partial charge is 0.325 e. The van der Waals surface area contributed by atoms with Crippen LogP contribution in [0.5, 0.6) is 0 Å². The molecule has 0 spiro atoms. The summed E-state index contributed by atoms with van der Waals surface area (Å²) in [5.74, 6) is -1.43. The van der Waals surface area contributed by atoms with E-state index < -0.39 is 35.7 Å². The van der Waals surface area contributed by atoms with Crippen molar-refractivity contribution in [1.82, 2.24) is 15.1 Å². The van der Waals surface area contributed by atoms with Crippen molar-refractivity contribution in [3.8, 4) is 6.07 Å². The Kier molecular flexibility index (Phi) is 5.37. The Hall–Kier alpha value is -2.95. The Morgan fingerprint density at radius 2 is 2.00 bits per heavy atom. The summed E-state index contributed by atoms with van der Waals surface area (Å²) in [7, 11) is 1.51. The molecule has 4 amide bonds. The predicted octanol–water partition coefficient (Wildman–Crippen LogP) is 1.35. The second-order valence-corrected chi connectivity index (χ2v) is 5.81. The van der Waals surface area contributed by atoms with Crippen molar-refractivity contribution in [3.05, 3.63) is 35.6 Å². The highest BCUT2D eigenvalue weighted by atomic mass is 19.1. The molecule has 1 atom stereocenters. The third-order valence-electron chi connectivity index (χ3n) is 4.32. The van der Waals surface area contributed by atoms with Gasteiger partial charge >= 0.3 is 6.03 Å². The number of hydrogen-bond acceptors (Lipinski definition) is 4. The third-order valence-corrected chi connectivity index (χ3v) is 4.32. The summed E-state index contributed by atoms with van der Waals surface area (Å²) in [5.41, 5.74) is -0.849. The van der Waals surface area contributed by atoms with E-state index in [4.69, 9.17) is 5.26 Å². The summed E-state index contributed by atoms with van der Waals surface area (Å²) >= 11 is 0. The van der Waals surface area contributed by atoms with Gasteiger partial charge in [0.1, 0.15) is 17.9 Å². The standard InChI is InChI=1S/C17H19FN4O3/c1-3-17(12-5-7-13(18)8-6-12)15(24)22(16(25)20-17)11-14(23)21(2)10-4-9-19/h5-8H,3-4,10-11H2,1-2H3,(H,20,25). The second kappa shape index (κ2) is 7.30. The topological polar surface area (TPSA) is 93.5 Å². The first-order valence-electron chi connectivity index (χ1n) is 7.86. The third kappa shape index (κ3) is 3.45. The van der Waals surface area contributed by atoms with Crippen LogP contribution >= 0.6 is 0 Å². The van der Waals surface area contributed by atoms with Gasteiger partial charge in [-0.25, -0.2) is 9.18 Å². The van der Waals surface area contributed by atoms with E-state index >= 15 is 0 Å². The number of amides is 4. The van der Waals surface area contributed by atoms with E-state index in [1.807, 2.05) is 6.07 Å². The van der Waals surface area contributed by atoms with Gasteiger partial charge in [0.2, 0.25) is 5.91 Å². The molecule has 0 aliphatic carbocycles. The summed E-state index contributed by atoms with van der Waals surface area (Å²) in [4.78, 5) is 39.4. The molecular weight excluding hydrogens is 327 g/mol. The minimum Gasteiger partial charge on any atom is -0.343 e. The molecule has 1 aromatic rings. The molecule has 1 aromatic carbocycles. The summed E-state index contributed by atoms with van der Waals surface area (Å²) < 4.78 is 13.2. The van der Waals surface area contributed by atoms with Crippen molar-refractivity contribution in [2.45, 2.75) is 25.3 Å². The van der Waals surface area contributed by atoms with Crippen molar-refractivity contribution >= 4 is 17.8 Å². The van der Waals surface area contributed by atoms with Gasteiger partial charge in [-0.15, -0.1) is 0 Å². The Labute approximate surface area is 145 Å². The number of rotatable bonds is 6. The maximum absolute atomic E-state index is 13.2. The maximum Gasteiger partial charge on any atom is 0.325 e. The van der Waals surface area contributed by atoms with Gasteiger partial charge < -0.3 is 10.2 Å². The van der Waals surface area contributed by atoms with Crippen LogP contribution in [0.25, 0.3) is 0 Å². The molecule has 0 radical (unpaired) electrons. The van der Waals surface area contributed by atoms with E-state index in [0.717, 1.165) is 4.90 Å². The molecule has 25 heavy (non-hydrogen) atoms. The van der Waals surface area contributed by atoms with E-state index in [1.165, 1.54) is 36.2 Å². The number of urea groups is 1. The molecule has 1 fully saturated rings. The number of nitriles is 1. The molecule has 132 valence electrons. The summed E-state index contributed by atoms with van der Waals surface area (Å²) in [5, 5.41) is 11.2. The molecule has 1 aliphatic rings. The summed E-state index contributed by atoms with van der Waals surface area (Å²) in [6, 6.07) is 6.59. The average Bonchev–Trinajstić information content (AvgIpc) is 2.85. The average molecular weight is 346 g/mol. The number of benzene rings is 1. The molecule has 1 heterocycles. The maximum atomic E-state index is 13.2. The van der Waals surface area contributed by atoms with Crippen molar-refractivity contribution in [2.75, 3.05) is 20.1 Å². The van der Waals surface area contributed by atoms with Gasteiger partial charge in [0.15, 0.2) is 0 Å². The number of carbonyl (C=O) groups excluding carboxylic acids is 3. The zero-order valence-corrected chi connectivity index (χ0v) is 14.1. The zero-order chi connectivity index (χ0) is 18.6. The van der Waals surface area contributed by atoms with Crippen molar-refractivity contribution < 1.29 is 18.8 Å². The van der Waals surface area contributed by atoms with Crippen LogP contribution in [0.3, 0.4) is 0 Å². The largest absolute Gasteiger partial charge is 0.343 e. The molecule has 0 bridgehead atoms. The molecule has 0 aromatic heterocycles. The molecular formula is C17H19FN4O3. The lowest BCUT2D eigenvalue weighted by molar-refractivity contribution is -0.138. The van der Waals surface area contributed by atoms with Crippen LogP contribution in [-0.4, -0.2) is 47.8 Å². The van der Waals surface area contributed by atoms with E-state index in [0.29, 0.717) is 5.56 Å². The highest BCUT2D eigenvalue weighted by Gasteiger charge is 2.51. The first-order chi connectivity index (χ1) is 11.9. The van der Waals surface area contributed by atoms with Crippen molar-refractivity contribution in [2.24, 2.45) is 0 Å². The minimum absolute atomic E-state index is 0.164. The lowest BCUT2D eigenvalue weighted by Gasteiger charge is -2.26. The molecule has 7 nitrogen and oxygen atoms in total. The Morgan fingerprint density at radius 3 is 2.56 bits per heavy atom. The number of carbonyl (C=O) groups is 3. The van der Waals surface area contributed by atoms with E-state index in [9.17, 15) is 18.8 Å². The number of nitrogens with one attached hydrogen (secondary N) is 1. The van der Waals surface area contributed by atoms with Gasteiger partial charge in [0.25, 0.3) is 5.91 Å². The summed E-state index contributed by atoms with van der Waals surface area (Å²) in [6.45, 7) is 1.54. The fourth-order valence-corrected chi connectivity index (χ4v) is 2.74. The fraction of sp³-hybridized carbons (Fsp3) is 0.412. The number of halogens is 1. The Bertz CT molecular complexity index is 728. The van der Waals surface area contributed by atoms with E-state index in [1.54, 1.807) is 6.92 Å². The van der Waals surface area contributed by atoms with E-state index in [2.05, 4.69) is 5.32 Å². The molecule has 1 aliphatic heterocycles. The molecule has 1 unspecified atom stereocenters. The number of nitrogens with zero attached hydrogens (tertiary/aromatic N) is 3. The van der Waals surface area contributed by atoms with Gasteiger partial charge in [-0.05, 0) is 24.1 Å². The number of likely N-dealkylation sites (N-methyl/N-ethyl adjacent to an activating group) is 1. The number of imide groups is 1. The molecule has 2 rings (SSSR count).